The molecule has 1 aromatic carbocycles. The molecule has 1 fully saturated rings. The van der Waals surface area contributed by atoms with Gasteiger partial charge < -0.3 is 10.4 Å². The first kappa shape index (κ1) is 19.0. The second-order valence-corrected chi connectivity index (χ2v) is 8.48. The number of carboxylic acid groups (broad SMARTS) is 1. The maximum absolute atomic E-state index is 12.0. The van der Waals surface area contributed by atoms with Gasteiger partial charge in [0.2, 0.25) is 0 Å². The van der Waals surface area contributed by atoms with Gasteiger partial charge in [0, 0.05) is 10.9 Å². The molecule has 1 aromatic heterocycles. The summed E-state index contributed by atoms with van der Waals surface area (Å²) in [5, 5.41) is 14.6. The quantitative estimate of drug-likeness (QED) is 0.390. The number of anilines is 2. The molecule has 26 heavy (non-hydrogen) atoms. The zero-order valence-electron chi connectivity index (χ0n) is 15.0. The van der Waals surface area contributed by atoms with E-state index < -0.39 is 5.97 Å². The summed E-state index contributed by atoms with van der Waals surface area (Å²) in [6, 6.07) is 7.82. The average molecular weight is 390 g/mol. The molecule has 1 aliphatic carbocycles. The van der Waals surface area contributed by atoms with Crippen molar-refractivity contribution in [1.82, 2.24) is 9.97 Å². The molecule has 0 saturated heterocycles. The van der Waals surface area contributed by atoms with Gasteiger partial charge in [0.1, 0.15) is 10.6 Å². The number of aromatic nitrogens is 2. The van der Waals surface area contributed by atoms with Crippen LogP contribution in [0.4, 0.5) is 11.5 Å². The second kappa shape index (κ2) is 8.77. The molecule has 1 heterocycles. The van der Waals surface area contributed by atoms with Gasteiger partial charge in [0.25, 0.3) is 0 Å². The van der Waals surface area contributed by atoms with E-state index in [1.807, 2.05) is 37.4 Å². The van der Waals surface area contributed by atoms with E-state index in [-0.39, 0.29) is 5.56 Å². The van der Waals surface area contributed by atoms with E-state index in [1.54, 1.807) is 11.8 Å². The number of nitrogens with one attached hydrogen (secondary N) is 1. The smallest absolute Gasteiger partial charge is 0.342 e. The molecule has 138 valence electrons. The highest BCUT2D eigenvalue weighted by molar-refractivity contribution is 8.00. The van der Waals surface area contributed by atoms with Gasteiger partial charge in [-0.3, -0.25) is 0 Å². The first-order chi connectivity index (χ1) is 12.6. The van der Waals surface area contributed by atoms with Crippen molar-refractivity contribution >= 4 is 41.0 Å². The van der Waals surface area contributed by atoms with Crippen LogP contribution in [0.3, 0.4) is 0 Å². The Labute approximate surface area is 162 Å². The zero-order valence-corrected chi connectivity index (χ0v) is 16.6. The highest BCUT2D eigenvalue weighted by Gasteiger charge is 2.24. The lowest BCUT2D eigenvalue weighted by atomic mass is 10.0. The minimum absolute atomic E-state index is 0.166. The fourth-order valence-electron chi connectivity index (χ4n) is 2.99. The number of aryl methyl sites for hydroxylation is 1. The monoisotopic (exact) mass is 389 g/mol. The summed E-state index contributed by atoms with van der Waals surface area (Å²) < 4.78 is 0. The van der Waals surface area contributed by atoms with Gasteiger partial charge in [0.05, 0.1) is 0 Å². The van der Waals surface area contributed by atoms with Gasteiger partial charge in [-0.1, -0.05) is 48.7 Å². The van der Waals surface area contributed by atoms with Crippen molar-refractivity contribution in [3.8, 4) is 0 Å². The number of carbonyl (C=O) groups is 1. The zero-order chi connectivity index (χ0) is 18.5. The molecule has 2 aromatic rings. The third-order valence-corrected chi connectivity index (χ3v) is 6.27. The third kappa shape index (κ3) is 4.71. The Bertz CT molecular complexity index is 775. The summed E-state index contributed by atoms with van der Waals surface area (Å²) in [6.45, 7) is 2.02. The van der Waals surface area contributed by atoms with Crippen molar-refractivity contribution in [2.45, 2.75) is 54.5 Å². The fourth-order valence-corrected chi connectivity index (χ4v) is 4.74. The second-order valence-electron chi connectivity index (χ2n) is 6.41. The number of nitrogens with zero attached hydrogens (tertiary/aromatic N) is 2. The SMILES string of the molecule is CSc1nc(Nc2ccc(C)cc2)c(C(=O)O)c(SC2CCCCC2)n1. The van der Waals surface area contributed by atoms with Crippen LogP contribution in [0.1, 0.15) is 48.0 Å². The van der Waals surface area contributed by atoms with E-state index in [0.29, 0.717) is 21.3 Å². The van der Waals surface area contributed by atoms with E-state index in [1.165, 1.54) is 31.0 Å². The highest BCUT2D eigenvalue weighted by Crippen LogP contribution is 2.37. The molecule has 0 bridgehead atoms. The Morgan fingerprint density at radius 2 is 1.85 bits per heavy atom. The van der Waals surface area contributed by atoms with Crippen LogP contribution in [0, 0.1) is 6.92 Å². The third-order valence-electron chi connectivity index (χ3n) is 4.40. The number of benzene rings is 1. The van der Waals surface area contributed by atoms with Crippen molar-refractivity contribution in [2.24, 2.45) is 0 Å². The van der Waals surface area contributed by atoms with Crippen molar-refractivity contribution in [3.05, 3.63) is 35.4 Å². The van der Waals surface area contributed by atoms with Crippen molar-refractivity contribution < 1.29 is 9.90 Å². The number of hydrogen-bond donors (Lipinski definition) is 2. The molecule has 0 unspecified atom stereocenters. The molecule has 7 heteroatoms. The van der Waals surface area contributed by atoms with Gasteiger partial charge >= 0.3 is 5.97 Å². The van der Waals surface area contributed by atoms with E-state index in [4.69, 9.17) is 0 Å². The van der Waals surface area contributed by atoms with E-state index in [9.17, 15) is 9.90 Å². The largest absolute Gasteiger partial charge is 0.477 e. The summed E-state index contributed by atoms with van der Waals surface area (Å²) in [5.41, 5.74) is 2.13. The van der Waals surface area contributed by atoms with Crippen LogP contribution in [0.2, 0.25) is 0 Å². The van der Waals surface area contributed by atoms with Gasteiger partial charge in [-0.25, -0.2) is 14.8 Å². The topological polar surface area (TPSA) is 75.1 Å². The standard InChI is InChI=1S/C19H23N3O2S2/c1-12-8-10-13(11-9-12)20-16-15(18(23)24)17(22-19(21-16)25-2)26-14-6-4-3-5-7-14/h8-11,14H,3-7H2,1-2H3,(H,23,24)(H,20,21,22). The Balaban J connectivity index is 1.96. The van der Waals surface area contributed by atoms with Crippen LogP contribution in [0.5, 0.6) is 0 Å². The van der Waals surface area contributed by atoms with Crippen molar-refractivity contribution in [3.63, 3.8) is 0 Å². The Hall–Kier alpha value is -1.73. The summed E-state index contributed by atoms with van der Waals surface area (Å²) in [6.07, 6.45) is 7.81. The van der Waals surface area contributed by atoms with Crippen LogP contribution in [-0.2, 0) is 0 Å². The van der Waals surface area contributed by atoms with Crippen molar-refractivity contribution in [1.29, 1.82) is 0 Å². The van der Waals surface area contributed by atoms with Crippen LogP contribution < -0.4 is 5.32 Å². The molecule has 0 aliphatic heterocycles. The maximum Gasteiger partial charge on any atom is 0.342 e. The predicted octanol–water partition coefficient (Wildman–Crippen LogP) is 5.37. The molecule has 0 amide bonds. The fraction of sp³-hybridized carbons (Fsp3) is 0.421. The lowest BCUT2D eigenvalue weighted by Crippen LogP contribution is -2.13. The number of hydrogen-bond acceptors (Lipinski definition) is 6. The molecule has 1 saturated carbocycles. The summed E-state index contributed by atoms with van der Waals surface area (Å²) >= 11 is 3.02. The molecule has 0 spiro atoms. The van der Waals surface area contributed by atoms with E-state index >= 15 is 0 Å². The van der Waals surface area contributed by atoms with Crippen LogP contribution in [-0.4, -0.2) is 32.5 Å². The molecular weight excluding hydrogens is 366 g/mol. The predicted molar refractivity (Wildman–Crippen MR) is 108 cm³/mol. The lowest BCUT2D eigenvalue weighted by Gasteiger charge is -2.22. The Kier molecular flexibility index (Phi) is 6.43. The van der Waals surface area contributed by atoms with Gasteiger partial charge in [-0.05, 0) is 38.2 Å². The van der Waals surface area contributed by atoms with E-state index in [0.717, 1.165) is 24.1 Å². The summed E-state index contributed by atoms with van der Waals surface area (Å²) in [7, 11) is 0. The van der Waals surface area contributed by atoms with Crippen LogP contribution in [0.15, 0.2) is 34.4 Å². The molecule has 3 rings (SSSR count). The minimum atomic E-state index is -0.995. The minimum Gasteiger partial charge on any atom is -0.477 e. The van der Waals surface area contributed by atoms with E-state index in [2.05, 4.69) is 15.3 Å². The number of aromatic carboxylic acids is 1. The number of carboxylic acids is 1. The van der Waals surface area contributed by atoms with Gasteiger partial charge in [-0.2, -0.15) is 0 Å². The molecule has 0 atom stereocenters. The highest BCUT2D eigenvalue weighted by atomic mass is 32.2. The Morgan fingerprint density at radius 3 is 2.46 bits per heavy atom. The molecular formula is C19H23N3O2S2. The molecule has 0 radical (unpaired) electrons. The van der Waals surface area contributed by atoms with Crippen molar-refractivity contribution in [2.75, 3.05) is 11.6 Å². The maximum atomic E-state index is 12.0. The number of rotatable bonds is 6. The van der Waals surface area contributed by atoms with Crippen LogP contribution >= 0.6 is 23.5 Å². The number of thioether (sulfide) groups is 2. The average Bonchev–Trinajstić information content (AvgIpc) is 2.64. The summed E-state index contributed by atoms with van der Waals surface area (Å²) in [4.78, 5) is 20.9. The van der Waals surface area contributed by atoms with Crippen LogP contribution in [0.25, 0.3) is 0 Å². The lowest BCUT2D eigenvalue weighted by molar-refractivity contribution is 0.0692. The first-order valence-electron chi connectivity index (χ1n) is 8.76. The van der Waals surface area contributed by atoms with Gasteiger partial charge in [0.15, 0.2) is 11.0 Å². The molecule has 1 aliphatic rings. The Morgan fingerprint density at radius 1 is 1.15 bits per heavy atom. The molecule has 2 N–H and O–H groups in total. The van der Waals surface area contributed by atoms with Gasteiger partial charge in [-0.15, -0.1) is 11.8 Å². The normalized spacial score (nSPS) is 15.0. The molecule has 5 nitrogen and oxygen atoms in total. The summed E-state index contributed by atoms with van der Waals surface area (Å²) in [5.74, 6) is -0.635. The first-order valence-corrected chi connectivity index (χ1v) is 10.9.